The van der Waals surface area contributed by atoms with Crippen molar-refractivity contribution in [2.45, 2.75) is 19.4 Å². The van der Waals surface area contributed by atoms with Gasteiger partial charge in [-0.2, -0.15) is 0 Å². The molecule has 1 aliphatic rings. The molecule has 1 aromatic carbocycles. The minimum absolute atomic E-state index is 0.0906. The minimum atomic E-state index is -0.0906. The van der Waals surface area contributed by atoms with Crippen LogP contribution in [0.1, 0.15) is 28.0 Å². The predicted octanol–water partition coefficient (Wildman–Crippen LogP) is 2.01. The van der Waals surface area contributed by atoms with E-state index < -0.39 is 0 Å². The molecule has 4 rings (SSSR count). The quantitative estimate of drug-likeness (QED) is 0.758. The number of aromatic amines is 1. The summed E-state index contributed by atoms with van der Waals surface area (Å²) in [7, 11) is 0. The maximum absolute atomic E-state index is 13.1. The lowest BCUT2D eigenvalue weighted by Crippen LogP contribution is -2.36. The van der Waals surface area contributed by atoms with E-state index in [1.165, 1.54) is 11.9 Å². The topological polar surface area (TPSA) is 87.9 Å². The fraction of sp³-hybridized carbons (Fsp3) is 0.235. The fourth-order valence-corrected chi connectivity index (χ4v) is 3.27. The molecule has 0 aliphatic carbocycles. The Kier molecular flexibility index (Phi) is 3.31. The molecule has 0 saturated carbocycles. The van der Waals surface area contributed by atoms with Crippen molar-refractivity contribution < 1.29 is 4.79 Å². The first-order chi connectivity index (χ1) is 11.3. The van der Waals surface area contributed by atoms with Gasteiger partial charge in [0.1, 0.15) is 17.7 Å². The molecular weight excluding hydrogens is 290 g/mol. The predicted molar refractivity (Wildman–Crippen MR) is 88.2 cm³/mol. The van der Waals surface area contributed by atoms with Crippen LogP contribution >= 0.6 is 0 Å². The number of nitrogens with two attached hydrogens (primary N) is 1. The number of fused-ring (bicyclic) bond motifs is 2. The standard InChI is InChI=1S/C17H17N5O/c18-9-11-3-1-5-14-12(11)4-2-8-22(14)17(23)15-13-6-7-19-16(13)21-10-20-15/h1,3,5-7,10H,2,4,8-9,18H2,(H,19,20,21). The lowest BCUT2D eigenvalue weighted by Gasteiger charge is -2.30. The van der Waals surface area contributed by atoms with E-state index in [0.717, 1.165) is 29.5 Å². The molecule has 1 aliphatic heterocycles. The second-order valence-electron chi connectivity index (χ2n) is 5.64. The molecule has 0 spiro atoms. The molecule has 3 aromatic rings. The summed E-state index contributed by atoms with van der Waals surface area (Å²) in [5, 5.41) is 0.750. The third kappa shape index (κ3) is 2.19. The molecule has 2 aromatic heterocycles. The average molecular weight is 307 g/mol. The zero-order valence-corrected chi connectivity index (χ0v) is 12.6. The number of benzene rings is 1. The van der Waals surface area contributed by atoms with Gasteiger partial charge in [0.05, 0.1) is 5.39 Å². The minimum Gasteiger partial charge on any atom is -0.346 e. The van der Waals surface area contributed by atoms with Gasteiger partial charge in [-0.1, -0.05) is 12.1 Å². The van der Waals surface area contributed by atoms with Crippen LogP contribution in [0.4, 0.5) is 5.69 Å². The second-order valence-corrected chi connectivity index (χ2v) is 5.64. The van der Waals surface area contributed by atoms with Gasteiger partial charge in [0.25, 0.3) is 5.91 Å². The molecule has 116 valence electrons. The number of carbonyl (C=O) groups excluding carboxylic acids is 1. The van der Waals surface area contributed by atoms with Gasteiger partial charge in [0, 0.05) is 25.0 Å². The first-order valence-electron chi connectivity index (χ1n) is 7.70. The number of aromatic nitrogens is 3. The highest BCUT2D eigenvalue weighted by molar-refractivity contribution is 6.12. The first-order valence-corrected chi connectivity index (χ1v) is 7.70. The maximum Gasteiger partial charge on any atom is 0.277 e. The molecule has 0 atom stereocenters. The van der Waals surface area contributed by atoms with Crippen LogP contribution in [0.25, 0.3) is 11.0 Å². The average Bonchev–Trinajstić information content (AvgIpc) is 3.08. The van der Waals surface area contributed by atoms with Gasteiger partial charge in [-0.25, -0.2) is 9.97 Å². The molecule has 0 saturated heterocycles. The Morgan fingerprint density at radius 1 is 1.30 bits per heavy atom. The Labute approximate surface area is 133 Å². The Morgan fingerprint density at radius 2 is 2.22 bits per heavy atom. The smallest absolute Gasteiger partial charge is 0.277 e. The third-order valence-electron chi connectivity index (χ3n) is 4.37. The Balaban J connectivity index is 1.81. The Hall–Kier alpha value is -2.73. The number of carbonyl (C=O) groups is 1. The molecule has 6 heteroatoms. The summed E-state index contributed by atoms with van der Waals surface area (Å²) in [6.45, 7) is 1.18. The van der Waals surface area contributed by atoms with E-state index in [9.17, 15) is 4.79 Å². The van der Waals surface area contributed by atoms with Gasteiger partial charge in [0.2, 0.25) is 0 Å². The summed E-state index contributed by atoms with van der Waals surface area (Å²) in [6.07, 6.45) is 5.08. The van der Waals surface area contributed by atoms with Gasteiger partial charge in [-0.05, 0) is 36.1 Å². The highest BCUT2D eigenvalue weighted by Crippen LogP contribution is 2.31. The van der Waals surface area contributed by atoms with Crippen molar-refractivity contribution in [1.29, 1.82) is 0 Å². The van der Waals surface area contributed by atoms with Crippen LogP contribution in [-0.4, -0.2) is 27.4 Å². The zero-order valence-electron chi connectivity index (χ0n) is 12.6. The summed E-state index contributed by atoms with van der Waals surface area (Å²) in [4.78, 5) is 26.3. The number of nitrogens with zero attached hydrogens (tertiary/aromatic N) is 3. The number of H-pyrrole nitrogens is 1. The lowest BCUT2D eigenvalue weighted by atomic mass is 9.96. The van der Waals surface area contributed by atoms with Crippen LogP contribution in [0, 0.1) is 0 Å². The molecule has 0 unspecified atom stereocenters. The van der Waals surface area contributed by atoms with E-state index in [2.05, 4.69) is 15.0 Å². The summed E-state index contributed by atoms with van der Waals surface area (Å²) >= 11 is 0. The zero-order chi connectivity index (χ0) is 15.8. The maximum atomic E-state index is 13.1. The normalized spacial score (nSPS) is 14.0. The second kappa shape index (κ2) is 5.48. The molecule has 0 bridgehead atoms. The van der Waals surface area contributed by atoms with Gasteiger partial charge >= 0.3 is 0 Å². The Morgan fingerprint density at radius 3 is 3.09 bits per heavy atom. The van der Waals surface area contributed by atoms with Crippen LogP contribution in [-0.2, 0) is 13.0 Å². The molecule has 0 radical (unpaired) electrons. The molecule has 23 heavy (non-hydrogen) atoms. The van der Waals surface area contributed by atoms with Crippen LogP contribution in [0.2, 0.25) is 0 Å². The summed E-state index contributed by atoms with van der Waals surface area (Å²) in [5.41, 5.74) is 10.2. The molecule has 3 heterocycles. The number of hydrogen-bond acceptors (Lipinski definition) is 4. The van der Waals surface area contributed by atoms with Crippen LogP contribution in [0.15, 0.2) is 36.8 Å². The van der Waals surface area contributed by atoms with Crippen molar-refractivity contribution in [3.63, 3.8) is 0 Å². The van der Waals surface area contributed by atoms with Crippen LogP contribution < -0.4 is 10.6 Å². The molecule has 6 nitrogen and oxygen atoms in total. The SMILES string of the molecule is NCc1cccc2c1CCCN2C(=O)c1ncnc2[nH]ccc12. The summed E-state index contributed by atoms with van der Waals surface area (Å²) < 4.78 is 0. The summed E-state index contributed by atoms with van der Waals surface area (Å²) in [5.74, 6) is -0.0906. The third-order valence-corrected chi connectivity index (χ3v) is 4.37. The van der Waals surface area contributed by atoms with Crippen LogP contribution in [0.3, 0.4) is 0 Å². The van der Waals surface area contributed by atoms with E-state index in [4.69, 9.17) is 5.73 Å². The van der Waals surface area contributed by atoms with Crippen molar-refractivity contribution >= 4 is 22.6 Å². The molecular formula is C17H17N5O. The first kappa shape index (κ1) is 13.9. The molecule has 1 amide bonds. The number of anilines is 1. The van der Waals surface area contributed by atoms with Crippen molar-refractivity contribution in [2.24, 2.45) is 5.73 Å². The van der Waals surface area contributed by atoms with Gasteiger partial charge < -0.3 is 15.6 Å². The van der Waals surface area contributed by atoms with E-state index in [-0.39, 0.29) is 5.91 Å². The number of nitrogens with one attached hydrogen (secondary N) is 1. The number of amides is 1. The highest BCUT2D eigenvalue weighted by atomic mass is 16.2. The molecule has 0 fully saturated rings. The van der Waals surface area contributed by atoms with Gasteiger partial charge in [0.15, 0.2) is 0 Å². The monoisotopic (exact) mass is 307 g/mol. The Bertz CT molecular complexity index is 886. The van der Waals surface area contributed by atoms with E-state index in [1.54, 1.807) is 6.20 Å². The number of hydrogen-bond donors (Lipinski definition) is 2. The number of rotatable bonds is 2. The lowest BCUT2D eigenvalue weighted by molar-refractivity contribution is 0.0982. The van der Waals surface area contributed by atoms with Crippen molar-refractivity contribution in [3.8, 4) is 0 Å². The van der Waals surface area contributed by atoms with Crippen molar-refractivity contribution in [2.75, 3.05) is 11.4 Å². The molecule has 3 N–H and O–H groups in total. The van der Waals surface area contributed by atoms with Crippen molar-refractivity contribution in [1.82, 2.24) is 15.0 Å². The summed E-state index contributed by atoms with van der Waals surface area (Å²) in [6, 6.07) is 7.81. The highest BCUT2D eigenvalue weighted by Gasteiger charge is 2.27. The van der Waals surface area contributed by atoms with Crippen molar-refractivity contribution in [3.05, 3.63) is 53.6 Å². The van der Waals surface area contributed by atoms with Gasteiger partial charge in [-0.3, -0.25) is 4.79 Å². The van der Waals surface area contributed by atoms with Crippen LogP contribution in [0.5, 0.6) is 0 Å². The van der Waals surface area contributed by atoms with E-state index >= 15 is 0 Å². The van der Waals surface area contributed by atoms with E-state index in [0.29, 0.717) is 24.4 Å². The van der Waals surface area contributed by atoms with Gasteiger partial charge in [-0.15, -0.1) is 0 Å². The largest absolute Gasteiger partial charge is 0.346 e. The fourth-order valence-electron chi connectivity index (χ4n) is 3.27. The van der Waals surface area contributed by atoms with E-state index in [1.807, 2.05) is 29.2 Å².